The Labute approximate surface area is 90.6 Å². The molecule has 0 aromatic carbocycles. The molecule has 1 heterocycles. The van der Waals surface area contributed by atoms with Crippen molar-refractivity contribution in [3.63, 3.8) is 0 Å². The van der Waals surface area contributed by atoms with Gasteiger partial charge in [0, 0.05) is 17.3 Å². The van der Waals surface area contributed by atoms with Gasteiger partial charge in [-0.15, -0.1) is 4.40 Å². The van der Waals surface area contributed by atoms with Crippen molar-refractivity contribution >= 4 is 27.9 Å². The molecule has 0 aliphatic heterocycles. The van der Waals surface area contributed by atoms with Crippen molar-refractivity contribution in [1.82, 2.24) is 4.98 Å². The molecule has 4 nitrogen and oxygen atoms in total. The first-order valence-corrected chi connectivity index (χ1v) is 5.87. The van der Waals surface area contributed by atoms with Crippen LogP contribution in [-0.4, -0.2) is 25.3 Å². The van der Waals surface area contributed by atoms with Gasteiger partial charge in [-0.05, 0) is 22.9 Å². The predicted molar refractivity (Wildman–Crippen MR) is 59.1 cm³/mol. The zero-order valence-electron chi connectivity index (χ0n) is 7.84. The van der Waals surface area contributed by atoms with Crippen LogP contribution in [0.25, 0.3) is 0 Å². The maximum Gasteiger partial charge on any atom is 0.395 e. The molecule has 0 aliphatic carbocycles. The van der Waals surface area contributed by atoms with E-state index in [1.807, 2.05) is 12.1 Å². The number of hydrogen-bond acceptors (Lipinski definition) is 6. The average Bonchev–Trinajstić information content (AvgIpc) is 2.26. The summed E-state index contributed by atoms with van der Waals surface area (Å²) in [6.45, 7) is 0. The van der Waals surface area contributed by atoms with Crippen LogP contribution < -0.4 is 0 Å². The molecule has 0 fully saturated rings. The van der Waals surface area contributed by atoms with Crippen LogP contribution >= 0.6 is 21.8 Å². The summed E-state index contributed by atoms with van der Waals surface area (Å²) < 4.78 is 13.6. The minimum absolute atomic E-state index is 0.256. The van der Waals surface area contributed by atoms with Crippen molar-refractivity contribution in [2.24, 2.45) is 4.40 Å². The van der Waals surface area contributed by atoms with Gasteiger partial charge in [-0.2, -0.15) is 0 Å². The maximum atomic E-state index is 4.82. The first-order valence-electron chi connectivity index (χ1n) is 3.76. The fourth-order valence-electron chi connectivity index (χ4n) is 0.646. The van der Waals surface area contributed by atoms with Crippen molar-refractivity contribution < 1.29 is 9.47 Å². The lowest BCUT2D eigenvalue weighted by Crippen LogP contribution is -2.01. The zero-order chi connectivity index (χ0) is 10.2. The molecule has 14 heavy (non-hydrogen) atoms. The second-order valence-electron chi connectivity index (χ2n) is 2.11. The van der Waals surface area contributed by atoms with E-state index >= 15 is 0 Å². The topological polar surface area (TPSA) is 43.7 Å². The van der Waals surface area contributed by atoms with Crippen molar-refractivity contribution in [3.8, 4) is 0 Å². The fraction of sp³-hybridized carbons (Fsp3) is 0.250. The van der Waals surface area contributed by atoms with Crippen LogP contribution in [-0.2, 0) is 9.47 Å². The zero-order valence-corrected chi connectivity index (χ0v) is 9.47. The standard InChI is InChI=1S/C8H10N2O2S2/c1-11-8(12-2)10-14-13-7-4-3-5-9-6-7/h3-6H,1-2H3. The smallest absolute Gasteiger partial charge is 0.395 e. The number of hydrogen-bond donors (Lipinski definition) is 0. The molecule has 0 saturated heterocycles. The third-order valence-electron chi connectivity index (χ3n) is 1.23. The van der Waals surface area contributed by atoms with Gasteiger partial charge in [0.1, 0.15) is 0 Å². The van der Waals surface area contributed by atoms with Gasteiger partial charge in [-0.25, -0.2) is 0 Å². The molecule has 1 aromatic rings. The van der Waals surface area contributed by atoms with Gasteiger partial charge in [-0.3, -0.25) is 4.98 Å². The molecule has 0 aliphatic rings. The number of ether oxygens (including phenoxy) is 2. The number of rotatable bonds is 3. The fourth-order valence-corrected chi connectivity index (χ4v) is 2.07. The average molecular weight is 230 g/mol. The van der Waals surface area contributed by atoms with Crippen molar-refractivity contribution in [3.05, 3.63) is 24.5 Å². The molecular weight excluding hydrogens is 220 g/mol. The lowest BCUT2D eigenvalue weighted by atomic mass is 10.5. The highest BCUT2D eigenvalue weighted by atomic mass is 33.1. The molecule has 0 saturated carbocycles. The van der Waals surface area contributed by atoms with Crippen molar-refractivity contribution in [2.75, 3.05) is 14.2 Å². The lowest BCUT2D eigenvalue weighted by Gasteiger charge is -2.00. The molecule has 0 radical (unpaired) electrons. The van der Waals surface area contributed by atoms with E-state index in [-0.39, 0.29) is 6.08 Å². The van der Waals surface area contributed by atoms with Gasteiger partial charge in [-0.1, -0.05) is 0 Å². The van der Waals surface area contributed by atoms with Gasteiger partial charge in [0.2, 0.25) is 0 Å². The Balaban J connectivity index is 2.38. The first-order chi connectivity index (χ1) is 6.86. The highest BCUT2D eigenvalue weighted by Gasteiger charge is 1.97. The summed E-state index contributed by atoms with van der Waals surface area (Å²) >= 11 is 0. The van der Waals surface area contributed by atoms with Crippen LogP contribution in [0.2, 0.25) is 0 Å². The molecule has 0 bridgehead atoms. The quantitative estimate of drug-likeness (QED) is 0.345. The van der Waals surface area contributed by atoms with E-state index in [1.165, 1.54) is 36.0 Å². The van der Waals surface area contributed by atoms with Crippen molar-refractivity contribution in [2.45, 2.75) is 4.90 Å². The summed E-state index contributed by atoms with van der Waals surface area (Å²) in [7, 11) is 5.79. The Hall–Kier alpha value is -0.880. The number of nitrogens with zero attached hydrogens (tertiary/aromatic N) is 2. The van der Waals surface area contributed by atoms with Crippen LogP contribution in [0.15, 0.2) is 33.8 Å². The van der Waals surface area contributed by atoms with E-state index in [1.54, 1.807) is 12.4 Å². The summed E-state index contributed by atoms with van der Waals surface area (Å²) in [6, 6.07) is 3.83. The Morgan fingerprint density at radius 1 is 1.43 bits per heavy atom. The largest absolute Gasteiger partial charge is 0.453 e. The molecule has 0 amide bonds. The third kappa shape index (κ3) is 3.89. The highest BCUT2D eigenvalue weighted by molar-refractivity contribution is 8.76. The van der Waals surface area contributed by atoms with E-state index in [4.69, 9.17) is 9.47 Å². The minimum Gasteiger partial charge on any atom is -0.453 e. The van der Waals surface area contributed by atoms with Crippen LogP contribution in [0.4, 0.5) is 0 Å². The monoisotopic (exact) mass is 230 g/mol. The van der Waals surface area contributed by atoms with Gasteiger partial charge in [0.05, 0.1) is 25.2 Å². The first kappa shape index (κ1) is 11.2. The van der Waals surface area contributed by atoms with Gasteiger partial charge in [0.25, 0.3) is 0 Å². The molecule has 0 unspecified atom stereocenters. The van der Waals surface area contributed by atoms with Gasteiger partial charge in [0.15, 0.2) is 0 Å². The number of aromatic nitrogens is 1. The van der Waals surface area contributed by atoms with Crippen LogP contribution in [0.3, 0.4) is 0 Å². The molecule has 6 heteroatoms. The highest BCUT2D eigenvalue weighted by Crippen LogP contribution is 2.31. The molecule has 0 spiro atoms. The minimum atomic E-state index is 0.256. The van der Waals surface area contributed by atoms with Crippen molar-refractivity contribution in [1.29, 1.82) is 0 Å². The SMILES string of the molecule is COC(=NSSc1cccnc1)OC. The third-order valence-corrected chi connectivity index (χ3v) is 2.99. The normalized spacial score (nSPS) is 9.29. The maximum absolute atomic E-state index is 4.82. The summed E-state index contributed by atoms with van der Waals surface area (Å²) in [5, 5.41) is 0. The number of methoxy groups -OCH3 is 2. The van der Waals surface area contributed by atoms with E-state index in [9.17, 15) is 0 Å². The summed E-state index contributed by atoms with van der Waals surface area (Å²) in [6.07, 6.45) is 3.76. The Morgan fingerprint density at radius 3 is 2.79 bits per heavy atom. The van der Waals surface area contributed by atoms with Crippen LogP contribution in [0.1, 0.15) is 0 Å². The molecule has 1 aromatic heterocycles. The predicted octanol–water partition coefficient (Wildman–Crippen LogP) is 2.39. The molecular formula is C8H10N2O2S2. The van der Waals surface area contributed by atoms with E-state index < -0.39 is 0 Å². The summed E-state index contributed by atoms with van der Waals surface area (Å²) in [5.41, 5.74) is 0. The summed E-state index contributed by atoms with van der Waals surface area (Å²) in [5.74, 6) is 0. The molecule has 1 rings (SSSR count). The second kappa shape index (κ2) is 6.56. The van der Waals surface area contributed by atoms with E-state index in [0.717, 1.165) is 4.90 Å². The van der Waals surface area contributed by atoms with Gasteiger partial charge >= 0.3 is 6.08 Å². The summed E-state index contributed by atoms with van der Waals surface area (Å²) in [4.78, 5) is 5.01. The van der Waals surface area contributed by atoms with Gasteiger partial charge < -0.3 is 9.47 Å². The Bertz CT molecular complexity index is 287. The van der Waals surface area contributed by atoms with Crippen LogP contribution in [0.5, 0.6) is 0 Å². The van der Waals surface area contributed by atoms with E-state index in [0.29, 0.717) is 0 Å². The molecule has 0 N–H and O–H groups in total. The molecule has 76 valence electrons. The Kier molecular flexibility index (Phi) is 5.24. The van der Waals surface area contributed by atoms with E-state index in [2.05, 4.69) is 9.38 Å². The Morgan fingerprint density at radius 2 is 2.21 bits per heavy atom. The lowest BCUT2D eigenvalue weighted by molar-refractivity contribution is 0.245. The second-order valence-corrected chi connectivity index (χ2v) is 4.03. The van der Waals surface area contributed by atoms with Crippen LogP contribution in [0, 0.1) is 0 Å². The number of pyridine rings is 1. The molecule has 0 atom stereocenters.